The Morgan fingerprint density at radius 2 is 2.00 bits per heavy atom. The van der Waals surface area contributed by atoms with E-state index in [1.165, 1.54) is 0 Å². The molecular formula is C6H14N2O4S. The van der Waals surface area contributed by atoms with Gasteiger partial charge in [-0.15, -0.1) is 0 Å². The van der Waals surface area contributed by atoms with Gasteiger partial charge in [0.1, 0.15) is 0 Å². The Labute approximate surface area is 77.3 Å². The Kier molecular flexibility index (Phi) is 3.83. The Balaban J connectivity index is 4.17. The van der Waals surface area contributed by atoms with Crippen molar-refractivity contribution >= 4 is 16.2 Å². The number of carboxylic acids is 1. The van der Waals surface area contributed by atoms with Crippen LogP contribution in [0.4, 0.5) is 0 Å². The van der Waals surface area contributed by atoms with Gasteiger partial charge in [-0.25, -0.2) is 5.14 Å². The molecule has 78 valence electrons. The third-order valence-electron chi connectivity index (χ3n) is 1.38. The number of carbonyl (C=O) groups is 1. The van der Waals surface area contributed by atoms with Crippen LogP contribution in [0.1, 0.15) is 26.7 Å². The van der Waals surface area contributed by atoms with E-state index in [2.05, 4.69) is 4.72 Å². The summed E-state index contributed by atoms with van der Waals surface area (Å²) in [7, 11) is -3.77. The zero-order valence-electron chi connectivity index (χ0n) is 7.57. The van der Waals surface area contributed by atoms with Crippen LogP contribution in [0.15, 0.2) is 0 Å². The monoisotopic (exact) mass is 210 g/mol. The fraction of sp³-hybridized carbons (Fsp3) is 0.833. The first-order chi connectivity index (χ1) is 5.62. The molecule has 0 radical (unpaired) electrons. The molecule has 0 aliphatic rings. The van der Waals surface area contributed by atoms with Gasteiger partial charge in [-0.05, 0) is 20.3 Å². The first-order valence-electron chi connectivity index (χ1n) is 3.66. The van der Waals surface area contributed by atoms with Crippen molar-refractivity contribution in [3.05, 3.63) is 0 Å². The summed E-state index contributed by atoms with van der Waals surface area (Å²) < 4.78 is 23.4. The molecule has 0 aliphatic heterocycles. The van der Waals surface area contributed by atoms with E-state index in [-0.39, 0.29) is 12.8 Å². The highest BCUT2D eigenvalue weighted by Crippen LogP contribution is 2.11. The van der Waals surface area contributed by atoms with Gasteiger partial charge in [0.05, 0.1) is 0 Å². The predicted molar refractivity (Wildman–Crippen MR) is 47.2 cm³/mol. The smallest absolute Gasteiger partial charge is 0.303 e. The van der Waals surface area contributed by atoms with Crippen LogP contribution in [0.2, 0.25) is 0 Å². The quantitative estimate of drug-likeness (QED) is 0.564. The summed E-state index contributed by atoms with van der Waals surface area (Å²) in [6.07, 6.45) is 0.0916. The lowest BCUT2D eigenvalue weighted by Gasteiger charge is -2.23. The summed E-state index contributed by atoms with van der Waals surface area (Å²) in [6, 6.07) is 0. The molecule has 0 atom stereocenters. The van der Waals surface area contributed by atoms with Gasteiger partial charge in [-0.3, -0.25) is 4.79 Å². The topological polar surface area (TPSA) is 109 Å². The number of hydrogen-bond acceptors (Lipinski definition) is 3. The fourth-order valence-corrected chi connectivity index (χ4v) is 1.73. The number of rotatable bonds is 5. The molecule has 0 amide bonds. The zero-order chi connectivity index (χ0) is 10.7. The fourth-order valence-electron chi connectivity index (χ4n) is 0.856. The number of nitrogens with two attached hydrogens (primary N) is 1. The minimum absolute atomic E-state index is 0.102. The van der Waals surface area contributed by atoms with Crippen LogP contribution < -0.4 is 9.86 Å². The molecule has 0 spiro atoms. The van der Waals surface area contributed by atoms with Crippen molar-refractivity contribution in [2.45, 2.75) is 32.2 Å². The van der Waals surface area contributed by atoms with E-state index in [0.717, 1.165) is 0 Å². The maximum atomic E-state index is 10.6. The molecular weight excluding hydrogens is 196 g/mol. The van der Waals surface area contributed by atoms with Crippen molar-refractivity contribution in [3.63, 3.8) is 0 Å². The highest BCUT2D eigenvalue weighted by atomic mass is 32.2. The van der Waals surface area contributed by atoms with Gasteiger partial charge in [0.15, 0.2) is 0 Å². The highest BCUT2D eigenvalue weighted by Gasteiger charge is 2.22. The molecule has 0 heterocycles. The summed E-state index contributed by atoms with van der Waals surface area (Å²) in [4.78, 5) is 10.2. The van der Waals surface area contributed by atoms with Gasteiger partial charge in [0.2, 0.25) is 0 Å². The second-order valence-electron chi connectivity index (χ2n) is 3.42. The number of hydrogen-bond donors (Lipinski definition) is 3. The number of carboxylic acid groups (broad SMARTS) is 1. The summed E-state index contributed by atoms with van der Waals surface area (Å²) in [5.74, 6) is -0.968. The van der Waals surface area contributed by atoms with Crippen molar-refractivity contribution in [2.75, 3.05) is 0 Å². The van der Waals surface area contributed by atoms with Gasteiger partial charge in [0, 0.05) is 12.0 Å². The number of nitrogens with one attached hydrogen (secondary N) is 1. The van der Waals surface area contributed by atoms with Crippen LogP contribution in [0, 0.1) is 0 Å². The lowest BCUT2D eigenvalue weighted by atomic mass is 10.0. The third-order valence-corrected chi connectivity index (χ3v) is 2.22. The molecule has 0 saturated carbocycles. The molecule has 0 rings (SSSR count). The van der Waals surface area contributed by atoms with E-state index >= 15 is 0 Å². The van der Waals surface area contributed by atoms with Gasteiger partial charge < -0.3 is 5.11 Å². The van der Waals surface area contributed by atoms with Crippen molar-refractivity contribution in [2.24, 2.45) is 5.14 Å². The van der Waals surface area contributed by atoms with Gasteiger partial charge in [-0.1, -0.05) is 0 Å². The standard InChI is InChI=1S/C6H14N2O4S/c1-6(2,4-3-5(9)10)8-13(7,11)12/h8H,3-4H2,1-2H3,(H,9,10)(H2,7,11,12). The molecule has 0 aromatic carbocycles. The minimum atomic E-state index is -3.77. The SMILES string of the molecule is CC(C)(CCC(=O)O)NS(N)(=O)=O. The van der Waals surface area contributed by atoms with Crippen LogP contribution in [-0.2, 0) is 15.0 Å². The largest absolute Gasteiger partial charge is 0.481 e. The highest BCUT2D eigenvalue weighted by molar-refractivity contribution is 7.87. The average Bonchev–Trinajstić information content (AvgIpc) is 1.78. The van der Waals surface area contributed by atoms with Crippen LogP contribution in [0.3, 0.4) is 0 Å². The Bertz CT molecular complexity index is 283. The van der Waals surface area contributed by atoms with E-state index in [1.807, 2.05) is 0 Å². The molecule has 4 N–H and O–H groups in total. The summed E-state index contributed by atoms with van der Waals surface area (Å²) in [5, 5.41) is 13.1. The Hall–Kier alpha value is -0.660. The number of aliphatic carboxylic acids is 1. The normalized spacial score (nSPS) is 12.8. The predicted octanol–water partition coefficient (Wildman–Crippen LogP) is -0.577. The van der Waals surface area contributed by atoms with Crippen LogP contribution in [0.25, 0.3) is 0 Å². The maximum absolute atomic E-state index is 10.6. The van der Waals surface area contributed by atoms with Crippen LogP contribution >= 0.6 is 0 Å². The van der Waals surface area contributed by atoms with Gasteiger partial charge >= 0.3 is 5.97 Å². The third kappa shape index (κ3) is 7.69. The first kappa shape index (κ1) is 12.3. The Morgan fingerprint density at radius 1 is 1.54 bits per heavy atom. The van der Waals surface area contributed by atoms with Gasteiger partial charge in [0.25, 0.3) is 10.2 Å². The molecule has 0 unspecified atom stereocenters. The summed E-state index contributed by atoms with van der Waals surface area (Å²) in [6.45, 7) is 3.14. The molecule has 0 fully saturated rings. The molecule has 7 heteroatoms. The van der Waals surface area contributed by atoms with Crippen molar-refractivity contribution < 1.29 is 18.3 Å². The second-order valence-corrected chi connectivity index (χ2v) is 4.72. The maximum Gasteiger partial charge on any atom is 0.303 e. The van der Waals surface area contributed by atoms with Crippen LogP contribution in [0.5, 0.6) is 0 Å². The average molecular weight is 210 g/mol. The molecule has 0 aromatic heterocycles. The summed E-state index contributed by atoms with van der Waals surface area (Å²) in [5.41, 5.74) is -0.827. The summed E-state index contributed by atoms with van der Waals surface area (Å²) >= 11 is 0. The first-order valence-corrected chi connectivity index (χ1v) is 5.20. The van der Waals surface area contributed by atoms with Crippen molar-refractivity contribution in [1.29, 1.82) is 0 Å². The van der Waals surface area contributed by atoms with E-state index in [4.69, 9.17) is 10.2 Å². The second kappa shape index (κ2) is 4.03. The minimum Gasteiger partial charge on any atom is -0.481 e. The molecule has 13 heavy (non-hydrogen) atoms. The van der Waals surface area contributed by atoms with E-state index in [1.54, 1.807) is 13.8 Å². The molecule has 0 bridgehead atoms. The van der Waals surface area contributed by atoms with Crippen molar-refractivity contribution in [3.8, 4) is 0 Å². The van der Waals surface area contributed by atoms with E-state index in [0.29, 0.717) is 0 Å². The van der Waals surface area contributed by atoms with E-state index < -0.39 is 21.7 Å². The van der Waals surface area contributed by atoms with Crippen molar-refractivity contribution in [1.82, 2.24) is 4.72 Å². The molecule has 0 aliphatic carbocycles. The molecule has 0 saturated heterocycles. The molecule has 0 aromatic rings. The molecule has 6 nitrogen and oxygen atoms in total. The lowest BCUT2D eigenvalue weighted by Crippen LogP contribution is -2.46. The van der Waals surface area contributed by atoms with E-state index in [9.17, 15) is 13.2 Å². The lowest BCUT2D eigenvalue weighted by molar-refractivity contribution is -0.137. The zero-order valence-corrected chi connectivity index (χ0v) is 8.39. The Morgan fingerprint density at radius 3 is 2.31 bits per heavy atom. The van der Waals surface area contributed by atoms with Gasteiger partial charge in [-0.2, -0.15) is 13.1 Å². The van der Waals surface area contributed by atoms with Crippen LogP contribution in [-0.4, -0.2) is 25.0 Å².